The number of carbonyl (C=O) groups is 1. The van der Waals surface area contributed by atoms with Gasteiger partial charge in [-0.05, 0) is 24.5 Å². The molecular weight excluding hydrogens is 318 g/mol. The number of benzene rings is 1. The molecule has 2 heterocycles. The lowest BCUT2D eigenvalue weighted by molar-refractivity contribution is 0.172. The van der Waals surface area contributed by atoms with Crippen LogP contribution in [0.15, 0.2) is 48.8 Å². The minimum absolute atomic E-state index is 0.0337. The van der Waals surface area contributed by atoms with Crippen LogP contribution in [0, 0.1) is 0 Å². The van der Waals surface area contributed by atoms with Gasteiger partial charge in [0.05, 0.1) is 6.10 Å². The van der Waals surface area contributed by atoms with Crippen molar-refractivity contribution in [2.75, 3.05) is 24.5 Å². The molecule has 0 spiro atoms. The highest BCUT2D eigenvalue weighted by molar-refractivity contribution is 5.74. The smallest absolute Gasteiger partial charge is 0.315 e. The quantitative estimate of drug-likeness (QED) is 0.766. The van der Waals surface area contributed by atoms with Crippen LogP contribution < -0.4 is 15.5 Å². The summed E-state index contributed by atoms with van der Waals surface area (Å²) in [5, 5.41) is 15.8. The van der Waals surface area contributed by atoms with Gasteiger partial charge in [-0.1, -0.05) is 30.3 Å². The first-order valence-electron chi connectivity index (χ1n) is 8.51. The van der Waals surface area contributed by atoms with Crippen molar-refractivity contribution in [3.05, 3.63) is 54.4 Å². The Morgan fingerprint density at radius 1 is 1.24 bits per heavy atom. The molecule has 1 aliphatic rings. The van der Waals surface area contributed by atoms with Crippen LogP contribution in [0.4, 0.5) is 10.7 Å². The minimum atomic E-state index is -0.715. The van der Waals surface area contributed by atoms with Crippen molar-refractivity contribution >= 4 is 12.0 Å². The van der Waals surface area contributed by atoms with E-state index in [1.165, 1.54) is 0 Å². The number of carbonyl (C=O) groups excluding carboxylic acids is 1. The molecule has 7 nitrogen and oxygen atoms in total. The number of hydrogen-bond donors (Lipinski definition) is 3. The maximum atomic E-state index is 12.1. The van der Waals surface area contributed by atoms with E-state index < -0.39 is 6.10 Å². The Morgan fingerprint density at radius 3 is 2.76 bits per heavy atom. The molecule has 0 unspecified atom stereocenters. The van der Waals surface area contributed by atoms with Gasteiger partial charge in [-0.2, -0.15) is 0 Å². The summed E-state index contributed by atoms with van der Waals surface area (Å²) in [4.78, 5) is 22.7. The summed E-state index contributed by atoms with van der Waals surface area (Å²) in [6.45, 7) is 1.74. The average Bonchev–Trinajstić information content (AvgIpc) is 2.68. The number of piperidine rings is 1. The van der Waals surface area contributed by atoms with Crippen molar-refractivity contribution in [3.63, 3.8) is 0 Å². The molecule has 2 amide bonds. The fourth-order valence-corrected chi connectivity index (χ4v) is 2.95. The van der Waals surface area contributed by atoms with Gasteiger partial charge < -0.3 is 20.6 Å². The van der Waals surface area contributed by atoms with Gasteiger partial charge >= 0.3 is 6.03 Å². The van der Waals surface area contributed by atoms with Crippen LogP contribution in [0.1, 0.15) is 24.5 Å². The van der Waals surface area contributed by atoms with Gasteiger partial charge in [-0.15, -0.1) is 0 Å². The van der Waals surface area contributed by atoms with E-state index in [-0.39, 0.29) is 18.6 Å². The molecule has 132 valence electrons. The van der Waals surface area contributed by atoms with E-state index in [2.05, 4.69) is 25.5 Å². The van der Waals surface area contributed by atoms with Crippen LogP contribution in [0.2, 0.25) is 0 Å². The van der Waals surface area contributed by atoms with Crippen molar-refractivity contribution in [2.24, 2.45) is 0 Å². The van der Waals surface area contributed by atoms with Crippen LogP contribution in [0.3, 0.4) is 0 Å². The number of amides is 2. The predicted molar refractivity (Wildman–Crippen MR) is 95.2 cm³/mol. The Bertz CT molecular complexity index is 668. The summed E-state index contributed by atoms with van der Waals surface area (Å²) in [6, 6.07) is 10.8. The van der Waals surface area contributed by atoms with E-state index in [9.17, 15) is 9.90 Å². The van der Waals surface area contributed by atoms with Gasteiger partial charge in [0.15, 0.2) is 0 Å². The zero-order valence-electron chi connectivity index (χ0n) is 14.0. The number of hydrogen-bond acceptors (Lipinski definition) is 5. The molecule has 0 bridgehead atoms. The second-order valence-electron chi connectivity index (χ2n) is 6.11. The van der Waals surface area contributed by atoms with Crippen molar-refractivity contribution < 1.29 is 9.90 Å². The number of aliphatic hydroxyl groups is 1. The van der Waals surface area contributed by atoms with Crippen LogP contribution >= 0.6 is 0 Å². The predicted octanol–water partition coefficient (Wildman–Crippen LogP) is 1.48. The van der Waals surface area contributed by atoms with Crippen molar-refractivity contribution in [3.8, 4) is 0 Å². The molecule has 3 rings (SSSR count). The molecular formula is C18H23N5O2. The highest BCUT2D eigenvalue weighted by Crippen LogP contribution is 2.15. The van der Waals surface area contributed by atoms with E-state index in [0.717, 1.165) is 24.9 Å². The maximum Gasteiger partial charge on any atom is 0.315 e. The van der Waals surface area contributed by atoms with Gasteiger partial charge in [0.2, 0.25) is 5.95 Å². The largest absolute Gasteiger partial charge is 0.387 e. The molecule has 0 saturated carbocycles. The standard InChI is InChI=1S/C18H23N5O2/c24-16(14-6-2-1-3-7-14)12-21-18(25)22-15-8-4-11-23(13-15)17-19-9-5-10-20-17/h1-3,5-7,9-10,15-16,24H,4,8,11-13H2,(H2,21,22,25)/t15-,16+/m0/s1. The highest BCUT2D eigenvalue weighted by atomic mass is 16.3. The fourth-order valence-electron chi connectivity index (χ4n) is 2.95. The van der Waals surface area contributed by atoms with Crippen molar-refractivity contribution in [2.45, 2.75) is 25.0 Å². The second kappa shape index (κ2) is 8.43. The van der Waals surface area contributed by atoms with E-state index >= 15 is 0 Å². The lowest BCUT2D eigenvalue weighted by atomic mass is 10.1. The van der Waals surface area contributed by atoms with E-state index in [4.69, 9.17) is 0 Å². The molecule has 1 saturated heterocycles. The molecule has 1 aromatic carbocycles. The molecule has 1 fully saturated rings. The molecule has 2 aromatic rings. The molecule has 0 aliphatic carbocycles. The first-order chi connectivity index (χ1) is 12.2. The second-order valence-corrected chi connectivity index (χ2v) is 6.11. The molecule has 7 heteroatoms. The first-order valence-corrected chi connectivity index (χ1v) is 8.51. The molecule has 2 atom stereocenters. The van der Waals surface area contributed by atoms with Gasteiger partial charge in [0, 0.05) is 38.1 Å². The first kappa shape index (κ1) is 17.2. The Labute approximate surface area is 147 Å². The van der Waals surface area contributed by atoms with E-state index in [1.54, 1.807) is 18.5 Å². The third kappa shape index (κ3) is 4.90. The minimum Gasteiger partial charge on any atom is -0.387 e. The van der Waals surface area contributed by atoms with Crippen LogP contribution in [-0.4, -0.2) is 46.8 Å². The Kier molecular flexibility index (Phi) is 5.79. The number of aliphatic hydroxyl groups excluding tert-OH is 1. The molecule has 3 N–H and O–H groups in total. The van der Waals surface area contributed by atoms with Gasteiger partial charge in [-0.25, -0.2) is 14.8 Å². The molecule has 0 radical (unpaired) electrons. The summed E-state index contributed by atoms with van der Waals surface area (Å²) in [5.74, 6) is 0.689. The average molecular weight is 341 g/mol. The summed E-state index contributed by atoms with van der Waals surface area (Å²) < 4.78 is 0. The maximum absolute atomic E-state index is 12.1. The Morgan fingerprint density at radius 2 is 2.00 bits per heavy atom. The number of rotatable bonds is 5. The lowest BCUT2D eigenvalue weighted by Crippen LogP contribution is -2.51. The molecule has 1 aromatic heterocycles. The fraction of sp³-hybridized carbons (Fsp3) is 0.389. The van der Waals surface area contributed by atoms with Crippen LogP contribution in [-0.2, 0) is 0 Å². The zero-order chi connectivity index (χ0) is 17.5. The monoisotopic (exact) mass is 341 g/mol. The third-order valence-electron chi connectivity index (χ3n) is 4.23. The Balaban J connectivity index is 1.46. The van der Waals surface area contributed by atoms with Gasteiger partial charge in [0.25, 0.3) is 0 Å². The summed E-state index contributed by atoms with van der Waals surface area (Å²) in [7, 11) is 0. The van der Waals surface area contributed by atoms with Crippen LogP contribution in [0.5, 0.6) is 0 Å². The SMILES string of the molecule is O=C(NC[C@@H](O)c1ccccc1)N[C@H]1CCCN(c2ncccn2)C1. The number of nitrogens with one attached hydrogen (secondary N) is 2. The number of nitrogens with zero attached hydrogens (tertiary/aromatic N) is 3. The molecule has 25 heavy (non-hydrogen) atoms. The van der Waals surface area contributed by atoms with E-state index in [1.807, 2.05) is 30.3 Å². The lowest BCUT2D eigenvalue weighted by Gasteiger charge is -2.33. The van der Waals surface area contributed by atoms with Gasteiger partial charge in [0.1, 0.15) is 0 Å². The topological polar surface area (TPSA) is 90.4 Å². The zero-order valence-corrected chi connectivity index (χ0v) is 14.0. The summed E-state index contributed by atoms with van der Waals surface area (Å²) in [5.41, 5.74) is 0.785. The third-order valence-corrected chi connectivity index (χ3v) is 4.23. The molecule has 1 aliphatic heterocycles. The highest BCUT2D eigenvalue weighted by Gasteiger charge is 2.23. The number of anilines is 1. The van der Waals surface area contributed by atoms with Crippen molar-refractivity contribution in [1.82, 2.24) is 20.6 Å². The normalized spacial score (nSPS) is 18.4. The van der Waals surface area contributed by atoms with Gasteiger partial charge in [-0.3, -0.25) is 0 Å². The van der Waals surface area contributed by atoms with Crippen molar-refractivity contribution in [1.29, 1.82) is 0 Å². The number of aromatic nitrogens is 2. The Hall–Kier alpha value is -2.67. The van der Waals surface area contributed by atoms with Crippen LogP contribution in [0.25, 0.3) is 0 Å². The summed E-state index contributed by atoms with van der Waals surface area (Å²) in [6.07, 6.45) is 4.61. The summed E-state index contributed by atoms with van der Waals surface area (Å²) >= 11 is 0. The van der Waals surface area contributed by atoms with E-state index in [0.29, 0.717) is 12.5 Å². The number of urea groups is 1.